The topological polar surface area (TPSA) is 17.1 Å². The lowest BCUT2D eigenvalue weighted by Gasteiger charge is -2.03. The molecule has 1 nitrogen and oxygen atoms in total. The van der Waals surface area contributed by atoms with Gasteiger partial charge in [-0.3, -0.25) is 4.79 Å². The first-order chi connectivity index (χ1) is 8.16. The third-order valence-electron chi connectivity index (χ3n) is 2.45. The van der Waals surface area contributed by atoms with E-state index < -0.39 is 0 Å². The summed E-state index contributed by atoms with van der Waals surface area (Å²) in [5, 5.41) is 4.60. The first kappa shape index (κ1) is 12.8. The van der Waals surface area contributed by atoms with Crippen LogP contribution >= 0.6 is 38.9 Å². The quantitative estimate of drug-likeness (QED) is 0.723. The lowest BCUT2D eigenvalue weighted by molar-refractivity contribution is 0.0983. The molecule has 2 rings (SSSR count). The number of rotatable bonds is 4. The maximum atomic E-state index is 12.0. The highest BCUT2D eigenvalue weighted by Gasteiger charge is 2.11. The van der Waals surface area contributed by atoms with E-state index in [2.05, 4.69) is 21.3 Å². The summed E-state index contributed by atoms with van der Waals surface area (Å²) in [7, 11) is 0. The number of benzene rings is 1. The first-order valence-electron chi connectivity index (χ1n) is 5.16. The van der Waals surface area contributed by atoms with E-state index in [-0.39, 0.29) is 5.78 Å². The molecular weight excluding hydrogens is 320 g/mol. The number of aryl methyl sites for hydroxylation is 1. The van der Waals surface area contributed by atoms with Crippen molar-refractivity contribution in [2.45, 2.75) is 12.8 Å². The van der Waals surface area contributed by atoms with Gasteiger partial charge in [0.05, 0.1) is 5.02 Å². The van der Waals surface area contributed by atoms with E-state index in [4.69, 9.17) is 11.6 Å². The van der Waals surface area contributed by atoms with E-state index in [1.807, 2.05) is 17.5 Å². The molecule has 0 aliphatic carbocycles. The molecule has 0 N–H and O–H groups in total. The lowest BCUT2D eigenvalue weighted by Crippen LogP contribution is -2.01. The highest BCUT2D eigenvalue weighted by molar-refractivity contribution is 9.10. The Morgan fingerprint density at radius 2 is 2.18 bits per heavy atom. The SMILES string of the molecule is O=C(CCc1ccsc1)c1cc(Br)ccc1Cl. The molecule has 0 radical (unpaired) electrons. The van der Waals surface area contributed by atoms with E-state index in [9.17, 15) is 4.79 Å². The fraction of sp³-hybridized carbons (Fsp3) is 0.154. The van der Waals surface area contributed by atoms with Crippen molar-refractivity contribution in [1.29, 1.82) is 0 Å². The molecule has 0 saturated heterocycles. The van der Waals surface area contributed by atoms with Crippen LogP contribution in [0.2, 0.25) is 5.02 Å². The maximum absolute atomic E-state index is 12.0. The van der Waals surface area contributed by atoms with Gasteiger partial charge in [-0.15, -0.1) is 0 Å². The summed E-state index contributed by atoms with van der Waals surface area (Å²) in [6.07, 6.45) is 1.26. The van der Waals surface area contributed by atoms with Crippen LogP contribution in [0.25, 0.3) is 0 Å². The van der Waals surface area contributed by atoms with Crippen LogP contribution in [-0.2, 0) is 6.42 Å². The van der Waals surface area contributed by atoms with Gasteiger partial charge in [0.1, 0.15) is 0 Å². The van der Waals surface area contributed by atoms with Crippen LogP contribution in [0, 0.1) is 0 Å². The van der Waals surface area contributed by atoms with Crippen LogP contribution in [0.15, 0.2) is 39.5 Å². The summed E-state index contributed by atoms with van der Waals surface area (Å²) in [5.74, 6) is 0.0856. The van der Waals surface area contributed by atoms with Gasteiger partial charge in [-0.05, 0) is 47.0 Å². The van der Waals surface area contributed by atoms with Gasteiger partial charge in [-0.1, -0.05) is 27.5 Å². The van der Waals surface area contributed by atoms with Gasteiger partial charge in [0.25, 0.3) is 0 Å². The Hall–Kier alpha value is -0.640. The molecule has 0 atom stereocenters. The zero-order valence-corrected chi connectivity index (χ0v) is 12.1. The van der Waals surface area contributed by atoms with Crippen molar-refractivity contribution >= 4 is 44.7 Å². The molecule has 0 amide bonds. The summed E-state index contributed by atoms with van der Waals surface area (Å²) < 4.78 is 0.876. The standard InChI is InChI=1S/C13H10BrClOS/c14-10-2-3-12(15)11(7-10)13(16)4-1-9-5-6-17-8-9/h2-3,5-8H,1,4H2. The molecule has 0 fully saturated rings. The molecule has 0 aliphatic heterocycles. The number of halogens is 2. The number of carbonyl (C=O) groups excluding carboxylic acids is 1. The third-order valence-corrected chi connectivity index (χ3v) is 4.00. The van der Waals surface area contributed by atoms with Crippen LogP contribution < -0.4 is 0 Å². The molecule has 0 aliphatic rings. The number of Topliss-reactive ketones (excluding diaryl/α,β-unsaturated/α-hetero) is 1. The second kappa shape index (κ2) is 5.80. The Labute approximate surface area is 118 Å². The molecule has 0 unspecified atom stereocenters. The Morgan fingerprint density at radius 1 is 1.35 bits per heavy atom. The van der Waals surface area contributed by atoms with Crippen molar-refractivity contribution in [3.63, 3.8) is 0 Å². The second-order valence-corrected chi connectivity index (χ2v) is 5.78. The zero-order chi connectivity index (χ0) is 12.3. The maximum Gasteiger partial charge on any atom is 0.164 e. The van der Waals surface area contributed by atoms with Crippen molar-refractivity contribution in [2.75, 3.05) is 0 Å². The van der Waals surface area contributed by atoms with Crippen LogP contribution in [0.3, 0.4) is 0 Å². The number of hydrogen-bond donors (Lipinski definition) is 0. The molecule has 4 heteroatoms. The Bertz CT molecular complexity index is 522. The Kier molecular flexibility index (Phi) is 4.37. The van der Waals surface area contributed by atoms with Gasteiger partial charge in [0.2, 0.25) is 0 Å². The molecule has 0 bridgehead atoms. The number of ketones is 1. The fourth-order valence-electron chi connectivity index (χ4n) is 1.54. The van der Waals surface area contributed by atoms with Crippen molar-refractivity contribution in [3.8, 4) is 0 Å². The average molecular weight is 330 g/mol. The normalized spacial score (nSPS) is 10.5. The third kappa shape index (κ3) is 3.41. The predicted molar refractivity (Wildman–Crippen MR) is 76.1 cm³/mol. The fourth-order valence-corrected chi connectivity index (χ4v) is 2.83. The minimum atomic E-state index is 0.0856. The van der Waals surface area contributed by atoms with E-state index in [1.165, 1.54) is 5.56 Å². The van der Waals surface area contributed by atoms with E-state index >= 15 is 0 Å². The molecule has 1 aromatic heterocycles. The highest BCUT2D eigenvalue weighted by Crippen LogP contribution is 2.23. The largest absolute Gasteiger partial charge is 0.294 e. The van der Waals surface area contributed by atoms with Gasteiger partial charge in [-0.25, -0.2) is 0 Å². The summed E-state index contributed by atoms with van der Waals surface area (Å²) in [6.45, 7) is 0. The molecule has 2 aromatic rings. The van der Waals surface area contributed by atoms with Crippen LogP contribution in [0.4, 0.5) is 0 Å². The molecule has 0 spiro atoms. The van der Waals surface area contributed by atoms with Crippen LogP contribution in [0.5, 0.6) is 0 Å². The number of thiophene rings is 1. The van der Waals surface area contributed by atoms with Gasteiger partial charge in [0.15, 0.2) is 5.78 Å². The minimum absolute atomic E-state index is 0.0856. The van der Waals surface area contributed by atoms with Gasteiger partial charge >= 0.3 is 0 Å². The molecule has 88 valence electrons. The second-order valence-electron chi connectivity index (χ2n) is 3.68. The van der Waals surface area contributed by atoms with E-state index in [0.29, 0.717) is 17.0 Å². The molecule has 17 heavy (non-hydrogen) atoms. The van der Waals surface area contributed by atoms with Crippen molar-refractivity contribution in [2.24, 2.45) is 0 Å². The number of carbonyl (C=O) groups is 1. The van der Waals surface area contributed by atoms with Crippen LogP contribution in [-0.4, -0.2) is 5.78 Å². The predicted octanol–water partition coefficient (Wildman–Crippen LogP) is 4.98. The van der Waals surface area contributed by atoms with E-state index in [0.717, 1.165) is 10.9 Å². The zero-order valence-electron chi connectivity index (χ0n) is 8.95. The Balaban J connectivity index is 2.07. The van der Waals surface area contributed by atoms with Gasteiger partial charge in [-0.2, -0.15) is 11.3 Å². The highest BCUT2D eigenvalue weighted by atomic mass is 79.9. The van der Waals surface area contributed by atoms with Crippen molar-refractivity contribution in [3.05, 3.63) is 55.6 Å². The summed E-state index contributed by atoms with van der Waals surface area (Å²) in [6, 6.07) is 7.39. The van der Waals surface area contributed by atoms with Crippen molar-refractivity contribution < 1.29 is 4.79 Å². The summed E-state index contributed by atoms with van der Waals surface area (Å²) in [4.78, 5) is 12.0. The molecule has 1 heterocycles. The summed E-state index contributed by atoms with van der Waals surface area (Å²) in [5.41, 5.74) is 1.80. The smallest absolute Gasteiger partial charge is 0.164 e. The monoisotopic (exact) mass is 328 g/mol. The minimum Gasteiger partial charge on any atom is -0.294 e. The van der Waals surface area contributed by atoms with Crippen molar-refractivity contribution in [1.82, 2.24) is 0 Å². The Morgan fingerprint density at radius 3 is 2.88 bits per heavy atom. The average Bonchev–Trinajstić information content (AvgIpc) is 2.82. The lowest BCUT2D eigenvalue weighted by atomic mass is 10.0. The first-order valence-corrected chi connectivity index (χ1v) is 7.27. The van der Waals surface area contributed by atoms with Crippen LogP contribution in [0.1, 0.15) is 22.3 Å². The molecule has 1 aromatic carbocycles. The number of hydrogen-bond acceptors (Lipinski definition) is 2. The van der Waals surface area contributed by atoms with E-state index in [1.54, 1.807) is 23.5 Å². The van der Waals surface area contributed by atoms with Gasteiger partial charge in [0, 0.05) is 16.5 Å². The molecule has 0 saturated carbocycles. The van der Waals surface area contributed by atoms with Gasteiger partial charge < -0.3 is 0 Å². The summed E-state index contributed by atoms with van der Waals surface area (Å²) >= 11 is 11.0. The molecular formula is C13H10BrClOS.